The molecule has 0 spiro atoms. The van der Waals surface area contributed by atoms with Crippen LogP contribution in [0.4, 0.5) is 0 Å². The molecular formula is C30H31NO12. The van der Waals surface area contributed by atoms with Crippen LogP contribution in [0.1, 0.15) is 82.2 Å². The highest BCUT2D eigenvalue weighted by Crippen LogP contribution is 2.52. The van der Waals surface area contributed by atoms with Gasteiger partial charge in [0.1, 0.15) is 22.8 Å². The molecule has 1 heterocycles. The molecule has 1 fully saturated rings. The zero-order chi connectivity index (χ0) is 31.4. The Hall–Kier alpha value is -4.17. The van der Waals surface area contributed by atoms with Crippen LogP contribution in [0.5, 0.6) is 17.2 Å². The summed E-state index contributed by atoms with van der Waals surface area (Å²) in [4.78, 5) is 63.6. The number of nitrogens with two attached hydrogens (primary N) is 1. The number of carbonyl (C=O) groups is 5. The Kier molecular flexibility index (Phi) is 7.86. The van der Waals surface area contributed by atoms with Gasteiger partial charge in [-0.2, -0.15) is 0 Å². The second-order valence-corrected chi connectivity index (χ2v) is 11.1. The fraction of sp³-hybridized carbons (Fsp3) is 0.433. The summed E-state index contributed by atoms with van der Waals surface area (Å²) in [5.74, 6) is -6.15. The number of phenols is 2. The number of phenolic OH excluding ortho intramolecular Hbond substituents is 2. The number of aromatic hydroxyl groups is 2. The molecule has 43 heavy (non-hydrogen) atoms. The zero-order valence-electron chi connectivity index (χ0n) is 23.7. The Labute approximate surface area is 245 Å². The van der Waals surface area contributed by atoms with Crippen molar-refractivity contribution in [2.45, 2.75) is 69.7 Å². The summed E-state index contributed by atoms with van der Waals surface area (Å²) in [5.41, 5.74) is 2.29. The Balaban J connectivity index is 1.64. The molecule has 2 aromatic carbocycles. The molecule has 13 nitrogen and oxygen atoms in total. The molecular weight excluding hydrogens is 566 g/mol. The van der Waals surface area contributed by atoms with Gasteiger partial charge in [-0.25, -0.2) is 4.79 Å². The maximum atomic E-state index is 13.7. The van der Waals surface area contributed by atoms with E-state index >= 15 is 0 Å². The molecule has 5 rings (SSSR count). The molecule has 0 amide bonds. The standard InChI is InChI=1S/C30H31NO12/c1-12-7-14(31)8-20(42-12)43-18-10-30(39,19(33)11-41-29(38)13(2)32)9-16-22(18)28(37)24-23(26(16)35)25(34)15-5-4-6-17(40-3)21(15)27(24)36/h4-6,12,14,18,20,35,37,39H,7-11,31H2,1-3H3/t12-,14+,18-,20-,30-/m0/s1. The number of Topliss-reactive ketones (excluding diaryl/α,β-unsaturated/α-hetero) is 2. The van der Waals surface area contributed by atoms with Crippen LogP contribution in [0.25, 0.3) is 0 Å². The fourth-order valence-electron chi connectivity index (χ4n) is 6.02. The van der Waals surface area contributed by atoms with Crippen LogP contribution in [0.15, 0.2) is 18.2 Å². The van der Waals surface area contributed by atoms with Crippen molar-refractivity contribution in [1.29, 1.82) is 0 Å². The summed E-state index contributed by atoms with van der Waals surface area (Å²) in [7, 11) is 1.32. The van der Waals surface area contributed by atoms with Crippen LogP contribution in [0.2, 0.25) is 0 Å². The molecule has 5 N–H and O–H groups in total. The summed E-state index contributed by atoms with van der Waals surface area (Å²) < 4.78 is 22.0. The molecule has 13 heteroatoms. The van der Waals surface area contributed by atoms with Gasteiger partial charge >= 0.3 is 5.97 Å². The summed E-state index contributed by atoms with van der Waals surface area (Å²) in [6, 6.07) is 4.03. The third kappa shape index (κ3) is 5.18. The van der Waals surface area contributed by atoms with E-state index in [0.717, 1.165) is 6.92 Å². The van der Waals surface area contributed by atoms with Crippen molar-refractivity contribution in [2.24, 2.45) is 5.73 Å². The van der Waals surface area contributed by atoms with E-state index in [0.29, 0.717) is 6.42 Å². The molecule has 2 aromatic rings. The topological polar surface area (TPSA) is 209 Å². The number of rotatable bonds is 7. The molecule has 0 saturated carbocycles. The van der Waals surface area contributed by atoms with Crippen LogP contribution in [-0.2, 0) is 35.0 Å². The number of carbonyl (C=O) groups excluding carboxylic acids is 5. The number of ether oxygens (including phenoxy) is 4. The van der Waals surface area contributed by atoms with Crippen LogP contribution >= 0.6 is 0 Å². The van der Waals surface area contributed by atoms with Gasteiger partial charge in [0, 0.05) is 48.9 Å². The average molecular weight is 598 g/mol. The van der Waals surface area contributed by atoms with E-state index in [2.05, 4.69) is 0 Å². The van der Waals surface area contributed by atoms with Crippen LogP contribution in [-0.4, -0.2) is 82.2 Å². The van der Waals surface area contributed by atoms with Crippen molar-refractivity contribution >= 4 is 29.1 Å². The van der Waals surface area contributed by atoms with Gasteiger partial charge < -0.3 is 40.0 Å². The third-order valence-electron chi connectivity index (χ3n) is 8.05. The van der Waals surface area contributed by atoms with Crippen LogP contribution in [0, 0.1) is 0 Å². The highest BCUT2D eigenvalue weighted by Gasteiger charge is 2.50. The molecule has 1 saturated heterocycles. The minimum atomic E-state index is -2.35. The molecule has 2 aliphatic carbocycles. The fourth-order valence-corrected chi connectivity index (χ4v) is 6.02. The zero-order valence-corrected chi connectivity index (χ0v) is 23.7. The number of ketones is 4. The van der Waals surface area contributed by atoms with Crippen molar-refractivity contribution < 1.29 is 58.2 Å². The lowest BCUT2D eigenvalue weighted by molar-refractivity contribution is -0.225. The van der Waals surface area contributed by atoms with Crippen LogP contribution < -0.4 is 10.5 Å². The highest BCUT2D eigenvalue weighted by molar-refractivity contribution is 6.33. The van der Waals surface area contributed by atoms with Crippen molar-refractivity contribution in [3.63, 3.8) is 0 Å². The number of hydrogen-bond acceptors (Lipinski definition) is 13. The number of fused-ring (bicyclic) bond motifs is 3. The van der Waals surface area contributed by atoms with E-state index in [1.165, 1.54) is 25.3 Å². The Bertz CT molecular complexity index is 1550. The average Bonchev–Trinajstić information content (AvgIpc) is 2.94. The first-order chi connectivity index (χ1) is 20.3. The largest absolute Gasteiger partial charge is 0.507 e. The molecule has 0 unspecified atom stereocenters. The van der Waals surface area contributed by atoms with E-state index in [-0.39, 0.29) is 46.6 Å². The molecule has 1 aliphatic heterocycles. The summed E-state index contributed by atoms with van der Waals surface area (Å²) in [6.45, 7) is 1.76. The van der Waals surface area contributed by atoms with E-state index < -0.39 is 89.2 Å². The maximum Gasteiger partial charge on any atom is 0.374 e. The Morgan fingerprint density at radius 3 is 2.42 bits per heavy atom. The van der Waals surface area contributed by atoms with Crippen molar-refractivity contribution in [3.05, 3.63) is 51.6 Å². The summed E-state index contributed by atoms with van der Waals surface area (Å²) >= 11 is 0. The molecule has 0 radical (unpaired) electrons. The molecule has 228 valence electrons. The first-order valence-electron chi connectivity index (χ1n) is 13.6. The normalized spacial score (nSPS) is 26.2. The van der Waals surface area contributed by atoms with Crippen LogP contribution in [0.3, 0.4) is 0 Å². The predicted octanol–water partition coefficient (Wildman–Crippen LogP) is 1.17. The number of aliphatic hydroxyl groups is 1. The predicted molar refractivity (Wildman–Crippen MR) is 145 cm³/mol. The molecule has 0 bridgehead atoms. The van der Waals surface area contributed by atoms with E-state index in [4.69, 9.17) is 24.7 Å². The minimum Gasteiger partial charge on any atom is -0.507 e. The molecule has 3 aliphatic rings. The van der Waals surface area contributed by atoms with Crippen molar-refractivity contribution in [3.8, 4) is 17.2 Å². The summed E-state index contributed by atoms with van der Waals surface area (Å²) in [6.07, 6.45) is -3.02. The SMILES string of the molecule is COc1cccc2c1C(=O)c1c(O)c3c(c(O)c1C2=O)C[C@@](O)(C(=O)COC(=O)C(C)=O)C[C@@H]3O[C@H]1C[C@H](N)C[C@H](C)O1. The first-order valence-corrected chi connectivity index (χ1v) is 13.6. The number of hydrogen-bond donors (Lipinski definition) is 4. The quantitative estimate of drug-likeness (QED) is 0.171. The Morgan fingerprint density at radius 1 is 1.07 bits per heavy atom. The highest BCUT2D eigenvalue weighted by atomic mass is 16.7. The van der Waals surface area contributed by atoms with Gasteiger partial charge in [0.2, 0.25) is 17.3 Å². The number of methoxy groups -OCH3 is 1. The van der Waals surface area contributed by atoms with E-state index in [1.807, 2.05) is 0 Å². The minimum absolute atomic E-state index is 0.0730. The van der Waals surface area contributed by atoms with Gasteiger partial charge in [0.25, 0.3) is 0 Å². The van der Waals surface area contributed by atoms with Gasteiger partial charge in [-0.1, -0.05) is 12.1 Å². The first kappa shape index (κ1) is 30.3. The third-order valence-corrected chi connectivity index (χ3v) is 8.05. The van der Waals surface area contributed by atoms with Gasteiger partial charge in [0.05, 0.1) is 36.0 Å². The van der Waals surface area contributed by atoms with E-state index in [1.54, 1.807) is 6.92 Å². The second-order valence-electron chi connectivity index (χ2n) is 11.1. The second kappa shape index (κ2) is 11.2. The number of benzene rings is 2. The maximum absolute atomic E-state index is 13.7. The summed E-state index contributed by atoms with van der Waals surface area (Å²) in [5, 5.41) is 34.6. The molecule has 5 atom stereocenters. The lowest BCUT2D eigenvalue weighted by atomic mass is 9.72. The van der Waals surface area contributed by atoms with Gasteiger partial charge in [0.15, 0.2) is 18.7 Å². The number of esters is 1. The monoisotopic (exact) mass is 597 g/mol. The smallest absolute Gasteiger partial charge is 0.374 e. The van der Waals surface area contributed by atoms with Crippen molar-refractivity contribution in [1.82, 2.24) is 0 Å². The Morgan fingerprint density at radius 2 is 1.77 bits per heavy atom. The molecule has 0 aromatic heterocycles. The van der Waals surface area contributed by atoms with Crippen molar-refractivity contribution in [2.75, 3.05) is 13.7 Å². The van der Waals surface area contributed by atoms with Gasteiger partial charge in [-0.05, 0) is 19.4 Å². The lowest BCUT2D eigenvalue weighted by Gasteiger charge is -2.41. The van der Waals surface area contributed by atoms with E-state index in [9.17, 15) is 39.3 Å². The van der Waals surface area contributed by atoms with Gasteiger partial charge in [-0.3, -0.25) is 19.2 Å². The lowest BCUT2D eigenvalue weighted by Crippen LogP contribution is -2.49. The van der Waals surface area contributed by atoms with Gasteiger partial charge in [-0.15, -0.1) is 0 Å².